The number of aromatic nitrogens is 1. The molecule has 0 fully saturated rings. The number of aromatic amines is 1. The van der Waals surface area contributed by atoms with Crippen molar-refractivity contribution in [3.63, 3.8) is 0 Å². The second-order valence-corrected chi connectivity index (χ2v) is 5.15. The van der Waals surface area contributed by atoms with Gasteiger partial charge in [-0.1, -0.05) is 6.07 Å². The van der Waals surface area contributed by atoms with Crippen LogP contribution in [0.25, 0.3) is 10.9 Å². The minimum Gasteiger partial charge on any atom is -0.360 e. The van der Waals surface area contributed by atoms with E-state index in [4.69, 9.17) is 0 Å². The summed E-state index contributed by atoms with van der Waals surface area (Å²) < 4.78 is 13.3. The molecule has 106 valence electrons. The lowest BCUT2D eigenvalue weighted by Gasteiger charge is -2.07. The number of rotatable bonds is 2. The van der Waals surface area contributed by atoms with Gasteiger partial charge in [0.2, 0.25) is 0 Å². The maximum Gasteiger partial charge on any atom is 0.257 e. The first-order valence-electron chi connectivity index (χ1n) is 6.70. The number of carbonyl (C=O) groups excluding carboxylic acids is 1. The molecule has 2 N–H and O–H groups in total. The van der Waals surface area contributed by atoms with Crippen molar-refractivity contribution in [2.45, 2.75) is 13.8 Å². The Morgan fingerprint density at radius 3 is 2.67 bits per heavy atom. The molecule has 0 spiro atoms. The largest absolute Gasteiger partial charge is 0.360 e. The Kier molecular flexibility index (Phi) is 3.22. The highest BCUT2D eigenvalue weighted by Crippen LogP contribution is 2.21. The first kappa shape index (κ1) is 13.4. The second-order valence-electron chi connectivity index (χ2n) is 5.15. The Morgan fingerprint density at radius 1 is 1.10 bits per heavy atom. The van der Waals surface area contributed by atoms with Gasteiger partial charge < -0.3 is 10.3 Å². The van der Waals surface area contributed by atoms with Gasteiger partial charge >= 0.3 is 0 Å². The third-order valence-corrected chi connectivity index (χ3v) is 3.65. The number of benzene rings is 2. The summed E-state index contributed by atoms with van der Waals surface area (Å²) in [5.74, 6) is -0.613. The van der Waals surface area contributed by atoms with Crippen molar-refractivity contribution in [1.29, 1.82) is 0 Å². The lowest BCUT2D eigenvalue weighted by Crippen LogP contribution is -2.11. The fraction of sp³-hybridized carbons (Fsp3) is 0.118. The average Bonchev–Trinajstić information content (AvgIpc) is 2.86. The van der Waals surface area contributed by atoms with E-state index in [1.54, 1.807) is 12.3 Å². The van der Waals surface area contributed by atoms with Crippen LogP contribution in [-0.4, -0.2) is 10.9 Å². The quantitative estimate of drug-likeness (QED) is 0.727. The molecule has 0 aliphatic heterocycles. The predicted octanol–water partition coefficient (Wildman–Crippen LogP) is 4.18. The van der Waals surface area contributed by atoms with Gasteiger partial charge in [-0.25, -0.2) is 4.39 Å². The molecule has 0 aliphatic carbocycles. The lowest BCUT2D eigenvalue weighted by molar-refractivity contribution is 0.102. The van der Waals surface area contributed by atoms with Crippen LogP contribution >= 0.6 is 0 Å². The number of fused-ring (bicyclic) bond motifs is 1. The van der Waals surface area contributed by atoms with Gasteiger partial charge in [0.05, 0.1) is 5.56 Å². The molecule has 0 radical (unpaired) electrons. The minimum absolute atomic E-state index is 0.255. The molecule has 0 aliphatic rings. The van der Waals surface area contributed by atoms with E-state index in [0.717, 1.165) is 16.8 Å². The molecule has 1 heterocycles. The van der Waals surface area contributed by atoms with E-state index in [1.807, 2.05) is 32.0 Å². The number of hydrogen-bond acceptors (Lipinski definition) is 1. The van der Waals surface area contributed by atoms with E-state index < -0.39 is 0 Å². The van der Waals surface area contributed by atoms with Crippen molar-refractivity contribution < 1.29 is 9.18 Å². The Bertz CT molecular complexity index is 836. The summed E-state index contributed by atoms with van der Waals surface area (Å²) >= 11 is 0. The number of halogens is 1. The van der Waals surface area contributed by atoms with E-state index in [1.165, 1.54) is 17.7 Å². The summed E-state index contributed by atoms with van der Waals surface area (Å²) in [6.07, 6.45) is 1.60. The standard InChI is InChI=1S/C17H15FN2O/c1-10-3-5-13(7-11(10)2)20-17(21)15-9-19-16-6-4-12(18)8-14(15)16/h3-9,19H,1-2H3,(H,20,21). The van der Waals surface area contributed by atoms with E-state index in [9.17, 15) is 9.18 Å². The molecule has 21 heavy (non-hydrogen) atoms. The van der Waals surface area contributed by atoms with Crippen LogP contribution in [0.2, 0.25) is 0 Å². The Balaban J connectivity index is 1.93. The van der Waals surface area contributed by atoms with Gasteiger partial charge in [0.1, 0.15) is 5.82 Å². The van der Waals surface area contributed by atoms with E-state index in [2.05, 4.69) is 10.3 Å². The molecule has 3 nitrogen and oxygen atoms in total. The summed E-state index contributed by atoms with van der Waals surface area (Å²) in [6.45, 7) is 4.01. The van der Waals surface area contributed by atoms with Crippen LogP contribution in [0.1, 0.15) is 21.5 Å². The Labute approximate surface area is 121 Å². The first-order valence-corrected chi connectivity index (χ1v) is 6.70. The molecule has 0 unspecified atom stereocenters. The number of anilines is 1. The smallest absolute Gasteiger partial charge is 0.257 e. The summed E-state index contributed by atoms with van der Waals surface area (Å²) in [7, 11) is 0. The molecule has 2 aromatic carbocycles. The molecule has 0 atom stereocenters. The summed E-state index contributed by atoms with van der Waals surface area (Å²) in [5.41, 5.74) is 4.18. The number of aryl methyl sites for hydroxylation is 2. The molecule has 3 rings (SSSR count). The van der Waals surface area contributed by atoms with E-state index in [0.29, 0.717) is 10.9 Å². The molecule has 4 heteroatoms. The first-order chi connectivity index (χ1) is 10.0. The SMILES string of the molecule is Cc1ccc(NC(=O)c2c[nH]c3ccc(F)cc23)cc1C. The number of nitrogens with one attached hydrogen (secondary N) is 2. The fourth-order valence-electron chi connectivity index (χ4n) is 2.30. The van der Waals surface area contributed by atoms with Crippen LogP contribution in [0, 0.1) is 19.7 Å². The molecule has 0 bridgehead atoms. The van der Waals surface area contributed by atoms with Crippen LogP contribution in [0.5, 0.6) is 0 Å². The van der Waals surface area contributed by atoms with Crippen molar-refractivity contribution in [2.75, 3.05) is 5.32 Å². The second kappa shape index (κ2) is 5.05. The van der Waals surface area contributed by atoms with Crippen LogP contribution in [-0.2, 0) is 0 Å². The zero-order valence-electron chi connectivity index (χ0n) is 11.8. The van der Waals surface area contributed by atoms with Crippen molar-refractivity contribution >= 4 is 22.5 Å². The normalized spacial score (nSPS) is 10.8. The maximum absolute atomic E-state index is 13.3. The summed E-state index contributed by atoms with van der Waals surface area (Å²) in [4.78, 5) is 15.3. The van der Waals surface area contributed by atoms with E-state index >= 15 is 0 Å². The van der Waals surface area contributed by atoms with Crippen molar-refractivity contribution in [3.05, 3.63) is 65.1 Å². The van der Waals surface area contributed by atoms with Crippen molar-refractivity contribution in [2.24, 2.45) is 0 Å². The van der Waals surface area contributed by atoms with Gasteiger partial charge in [-0.2, -0.15) is 0 Å². The van der Waals surface area contributed by atoms with E-state index in [-0.39, 0.29) is 11.7 Å². The average molecular weight is 282 g/mol. The topological polar surface area (TPSA) is 44.9 Å². The van der Waals surface area contributed by atoms with Crippen LogP contribution in [0.15, 0.2) is 42.6 Å². The van der Waals surface area contributed by atoms with Crippen LogP contribution < -0.4 is 5.32 Å². The van der Waals surface area contributed by atoms with Crippen molar-refractivity contribution in [1.82, 2.24) is 4.98 Å². The third-order valence-electron chi connectivity index (χ3n) is 3.65. The lowest BCUT2D eigenvalue weighted by atomic mass is 10.1. The maximum atomic E-state index is 13.3. The van der Waals surface area contributed by atoms with Gasteiger partial charge in [0.25, 0.3) is 5.91 Å². The highest BCUT2D eigenvalue weighted by Gasteiger charge is 2.13. The summed E-state index contributed by atoms with van der Waals surface area (Å²) in [5, 5.41) is 3.42. The zero-order valence-corrected chi connectivity index (χ0v) is 11.8. The van der Waals surface area contributed by atoms with Gasteiger partial charge in [-0.05, 0) is 55.3 Å². The van der Waals surface area contributed by atoms with Crippen LogP contribution in [0.4, 0.5) is 10.1 Å². The fourth-order valence-corrected chi connectivity index (χ4v) is 2.30. The monoisotopic (exact) mass is 282 g/mol. The summed E-state index contributed by atoms with van der Waals surface area (Å²) in [6, 6.07) is 10.1. The van der Waals surface area contributed by atoms with Gasteiger partial charge in [-0.15, -0.1) is 0 Å². The molecular weight excluding hydrogens is 267 g/mol. The Hall–Kier alpha value is -2.62. The van der Waals surface area contributed by atoms with Gasteiger partial charge in [-0.3, -0.25) is 4.79 Å². The van der Waals surface area contributed by atoms with Gasteiger partial charge in [0.15, 0.2) is 0 Å². The highest BCUT2D eigenvalue weighted by atomic mass is 19.1. The number of hydrogen-bond donors (Lipinski definition) is 2. The van der Waals surface area contributed by atoms with Crippen molar-refractivity contribution in [3.8, 4) is 0 Å². The molecule has 0 saturated heterocycles. The molecule has 3 aromatic rings. The Morgan fingerprint density at radius 2 is 1.90 bits per heavy atom. The van der Waals surface area contributed by atoms with Gasteiger partial charge in [0, 0.05) is 22.8 Å². The zero-order chi connectivity index (χ0) is 15.0. The molecular formula is C17H15FN2O. The number of carbonyl (C=O) groups is 1. The number of H-pyrrole nitrogens is 1. The third kappa shape index (κ3) is 2.52. The number of amides is 1. The molecule has 0 saturated carbocycles. The minimum atomic E-state index is -0.359. The molecule has 1 aromatic heterocycles. The van der Waals surface area contributed by atoms with Crippen LogP contribution in [0.3, 0.4) is 0 Å². The molecule has 1 amide bonds. The predicted molar refractivity (Wildman–Crippen MR) is 82.1 cm³/mol. The highest BCUT2D eigenvalue weighted by molar-refractivity contribution is 6.12.